The van der Waals surface area contributed by atoms with Gasteiger partial charge in [0, 0.05) is 0 Å². The van der Waals surface area contributed by atoms with Crippen molar-refractivity contribution in [2.45, 2.75) is 24.8 Å². The molecule has 34 heavy (non-hydrogen) atoms. The first-order valence-corrected chi connectivity index (χ1v) is 12.2. The van der Waals surface area contributed by atoms with Crippen molar-refractivity contribution in [3.8, 4) is 6.07 Å². The quantitative estimate of drug-likeness (QED) is 0.384. The van der Waals surface area contributed by atoms with Crippen molar-refractivity contribution in [1.29, 1.82) is 5.26 Å². The Morgan fingerprint density at radius 3 is 2.18 bits per heavy atom. The molecular formula is C26H21N5O2S. The molecule has 0 saturated heterocycles. The molecule has 0 aliphatic carbocycles. The Balaban J connectivity index is 1.79. The van der Waals surface area contributed by atoms with E-state index >= 15 is 0 Å². The number of nitrogens with one attached hydrogen (secondary N) is 1. The Morgan fingerprint density at radius 2 is 1.53 bits per heavy atom. The van der Waals surface area contributed by atoms with Crippen LogP contribution in [-0.4, -0.2) is 23.0 Å². The molecule has 2 heterocycles. The van der Waals surface area contributed by atoms with E-state index in [1.54, 1.807) is 28.8 Å². The van der Waals surface area contributed by atoms with Gasteiger partial charge in [-0.1, -0.05) is 60.2 Å². The third-order valence-electron chi connectivity index (χ3n) is 5.84. The zero-order valence-corrected chi connectivity index (χ0v) is 19.4. The molecule has 2 aromatic heterocycles. The molecule has 0 radical (unpaired) electrons. The molecule has 1 N–H and O–H groups in total. The smallest absolute Gasteiger partial charge is 0.263 e. The number of rotatable bonds is 5. The van der Waals surface area contributed by atoms with Crippen molar-refractivity contribution >= 4 is 38.0 Å². The lowest BCUT2D eigenvalue weighted by molar-refractivity contribution is 0.599. The summed E-state index contributed by atoms with van der Waals surface area (Å²) in [5.74, 6) is 0.143. The fourth-order valence-corrected chi connectivity index (χ4v) is 5.10. The minimum Gasteiger partial charge on any atom is -0.302 e. The zero-order chi connectivity index (χ0) is 23.9. The number of aromatic nitrogens is 3. The number of nitriles is 1. The van der Waals surface area contributed by atoms with E-state index in [9.17, 15) is 13.7 Å². The Bertz CT molecular complexity index is 1670. The van der Waals surface area contributed by atoms with Gasteiger partial charge in [0.15, 0.2) is 5.65 Å². The molecule has 0 unspecified atom stereocenters. The third kappa shape index (κ3) is 3.66. The van der Waals surface area contributed by atoms with Crippen LogP contribution in [0.3, 0.4) is 0 Å². The van der Waals surface area contributed by atoms with Crippen LogP contribution in [0.4, 0.5) is 5.82 Å². The summed E-state index contributed by atoms with van der Waals surface area (Å²) in [6.45, 7) is 3.83. The van der Waals surface area contributed by atoms with E-state index in [2.05, 4.69) is 15.8 Å². The number of para-hydroxylation sites is 2. The summed E-state index contributed by atoms with van der Waals surface area (Å²) in [5.41, 5.74) is 4.10. The highest BCUT2D eigenvalue weighted by atomic mass is 32.2. The SMILES string of the molecule is Cc1ccc(S(=O)(=O)Nc2c(C#N)c3nc4ccccc4nc3n2[C@@H](C)c2ccccc2)cc1. The zero-order valence-electron chi connectivity index (χ0n) is 18.6. The fraction of sp³-hybridized carbons (Fsp3) is 0.115. The molecule has 0 aliphatic heterocycles. The summed E-state index contributed by atoms with van der Waals surface area (Å²) in [7, 11) is -3.97. The van der Waals surface area contributed by atoms with Crippen molar-refractivity contribution in [2.24, 2.45) is 0 Å². The van der Waals surface area contributed by atoms with E-state index < -0.39 is 10.0 Å². The first-order valence-electron chi connectivity index (χ1n) is 10.7. The lowest BCUT2D eigenvalue weighted by atomic mass is 10.1. The number of hydrogen-bond acceptors (Lipinski definition) is 5. The molecule has 1 atom stereocenters. The number of nitrogens with zero attached hydrogens (tertiary/aromatic N) is 4. The number of sulfonamides is 1. The second-order valence-corrected chi connectivity index (χ2v) is 9.78. The maximum absolute atomic E-state index is 13.3. The van der Waals surface area contributed by atoms with E-state index in [0.717, 1.165) is 11.1 Å². The van der Waals surface area contributed by atoms with E-state index in [4.69, 9.17) is 4.98 Å². The topological polar surface area (TPSA) is 101 Å². The summed E-state index contributed by atoms with van der Waals surface area (Å²) in [6.07, 6.45) is 0. The predicted octanol–water partition coefficient (Wildman–Crippen LogP) is 5.17. The number of hydrogen-bond donors (Lipinski definition) is 1. The van der Waals surface area contributed by atoms with Gasteiger partial charge in [0.1, 0.15) is 23.0 Å². The standard InChI is InChI=1S/C26H21N5O2S/c1-17-12-14-20(15-13-17)34(32,33)30-25-21(16-27)24-26(29-23-11-7-6-10-22(23)28-24)31(25)18(2)19-8-4-3-5-9-19/h3-15,18,30H,1-2H3/t18-/m0/s1. The second kappa shape index (κ2) is 8.28. The number of benzene rings is 3. The number of fused-ring (bicyclic) bond motifs is 2. The van der Waals surface area contributed by atoms with Gasteiger partial charge in [-0.25, -0.2) is 18.4 Å². The molecule has 168 valence electrons. The van der Waals surface area contributed by atoms with Crippen LogP contribution in [0, 0.1) is 18.3 Å². The Kier molecular flexibility index (Phi) is 5.27. The maximum Gasteiger partial charge on any atom is 0.263 e. The molecule has 0 bridgehead atoms. The first kappa shape index (κ1) is 21.6. The Morgan fingerprint density at radius 1 is 0.912 bits per heavy atom. The summed E-state index contributed by atoms with van der Waals surface area (Å²) in [5, 5.41) is 10.1. The average molecular weight is 468 g/mol. The fourth-order valence-electron chi connectivity index (χ4n) is 4.03. The molecule has 5 aromatic rings. The van der Waals surface area contributed by atoms with Crippen molar-refractivity contribution < 1.29 is 8.42 Å². The second-order valence-electron chi connectivity index (χ2n) is 8.10. The van der Waals surface area contributed by atoms with Gasteiger partial charge >= 0.3 is 0 Å². The molecule has 8 heteroatoms. The van der Waals surface area contributed by atoms with E-state index in [-0.39, 0.29) is 22.3 Å². The van der Waals surface area contributed by atoms with Gasteiger partial charge in [-0.3, -0.25) is 4.72 Å². The highest BCUT2D eigenvalue weighted by Crippen LogP contribution is 2.35. The summed E-state index contributed by atoms with van der Waals surface area (Å²) >= 11 is 0. The van der Waals surface area contributed by atoms with Gasteiger partial charge in [0.05, 0.1) is 22.0 Å². The van der Waals surface area contributed by atoms with E-state index in [1.807, 2.05) is 68.4 Å². The van der Waals surface area contributed by atoms with Crippen LogP contribution < -0.4 is 4.72 Å². The van der Waals surface area contributed by atoms with Crippen molar-refractivity contribution in [3.63, 3.8) is 0 Å². The Labute approximate surface area is 197 Å². The summed E-state index contributed by atoms with van der Waals surface area (Å²) in [6, 6.07) is 25.4. The minimum absolute atomic E-state index is 0.109. The van der Waals surface area contributed by atoms with Gasteiger partial charge in [0.2, 0.25) is 0 Å². The molecular weight excluding hydrogens is 446 g/mol. The van der Waals surface area contributed by atoms with E-state index in [0.29, 0.717) is 22.2 Å². The maximum atomic E-state index is 13.3. The summed E-state index contributed by atoms with van der Waals surface area (Å²) < 4.78 is 31.1. The minimum atomic E-state index is -3.97. The largest absolute Gasteiger partial charge is 0.302 e. The highest BCUT2D eigenvalue weighted by molar-refractivity contribution is 7.92. The van der Waals surface area contributed by atoms with Crippen LogP contribution in [0.25, 0.3) is 22.2 Å². The first-order chi connectivity index (χ1) is 16.4. The molecule has 7 nitrogen and oxygen atoms in total. The van der Waals surface area contributed by atoms with Gasteiger partial charge < -0.3 is 4.57 Å². The van der Waals surface area contributed by atoms with Crippen LogP contribution >= 0.6 is 0 Å². The lowest BCUT2D eigenvalue weighted by Crippen LogP contribution is -2.19. The third-order valence-corrected chi connectivity index (χ3v) is 7.19. The molecule has 3 aromatic carbocycles. The molecule has 0 spiro atoms. The molecule has 0 fully saturated rings. The molecule has 0 amide bonds. The summed E-state index contributed by atoms with van der Waals surface area (Å²) in [4.78, 5) is 9.57. The van der Waals surface area contributed by atoms with Crippen molar-refractivity contribution in [1.82, 2.24) is 14.5 Å². The normalized spacial score (nSPS) is 12.5. The van der Waals surface area contributed by atoms with Gasteiger partial charge in [-0.2, -0.15) is 5.26 Å². The predicted molar refractivity (Wildman–Crippen MR) is 132 cm³/mol. The monoisotopic (exact) mass is 467 g/mol. The van der Waals surface area contributed by atoms with E-state index in [1.165, 1.54) is 0 Å². The molecule has 5 rings (SSSR count). The van der Waals surface area contributed by atoms with Gasteiger partial charge in [0.25, 0.3) is 10.0 Å². The molecule has 0 aliphatic rings. The number of anilines is 1. The number of aryl methyl sites for hydroxylation is 1. The van der Waals surface area contributed by atoms with Crippen LogP contribution in [-0.2, 0) is 10.0 Å². The van der Waals surface area contributed by atoms with Crippen LogP contribution in [0.1, 0.15) is 29.7 Å². The van der Waals surface area contributed by atoms with Gasteiger partial charge in [-0.15, -0.1) is 0 Å². The lowest BCUT2D eigenvalue weighted by Gasteiger charge is -2.19. The van der Waals surface area contributed by atoms with Crippen LogP contribution in [0.5, 0.6) is 0 Å². The molecule has 0 saturated carbocycles. The van der Waals surface area contributed by atoms with Crippen molar-refractivity contribution in [2.75, 3.05) is 4.72 Å². The van der Waals surface area contributed by atoms with Gasteiger partial charge in [-0.05, 0) is 43.7 Å². The van der Waals surface area contributed by atoms with Crippen LogP contribution in [0.15, 0.2) is 83.8 Å². The Hall–Kier alpha value is -4.22. The van der Waals surface area contributed by atoms with Crippen molar-refractivity contribution in [3.05, 3.63) is 95.6 Å². The highest BCUT2D eigenvalue weighted by Gasteiger charge is 2.28. The average Bonchev–Trinajstić information content (AvgIpc) is 3.13. The van der Waals surface area contributed by atoms with Crippen LogP contribution in [0.2, 0.25) is 0 Å².